The van der Waals surface area contributed by atoms with Crippen molar-refractivity contribution in [2.24, 2.45) is 0 Å². The van der Waals surface area contributed by atoms with Crippen LogP contribution in [0.15, 0.2) is 53.4 Å². The summed E-state index contributed by atoms with van der Waals surface area (Å²) < 4.78 is 0. The second kappa shape index (κ2) is 5.51. The van der Waals surface area contributed by atoms with Gasteiger partial charge in [-0.05, 0) is 28.9 Å². The van der Waals surface area contributed by atoms with Crippen LogP contribution in [-0.2, 0) is 0 Å². The third-order valence-corrected chi connectivity index (χ3v) is 3.87. The summed E-state index contributed by atoms with van der Waals surface area (Å²) in [4.78, 5) is 4.45. The van der Waals surface area contributed by atoms with E-state index in [0.29, 0.717) is 0 Å². The van der Waals surface area contributed by atoms with Gasteiger partial charge in [-0.3, -0.25) is 0 Å². The van der Waals surface area contributed by atoms with Gasteiger partial charge in [0, 0.05) is 5.38 Å². The molecular weight excluding hydrogens is 252 g/mol. The summed E-state index contributed by atoms with van der Waals surface area (Å²) in [5.74, 6) is 0. The first-order valence-corrected chi connectivity index (χ1v) is 7.43. The van der Waals surface area contributed by atoms with Crippen LogP contribution < -0.4 is 5.32 Å². The molecular formula is C16H16N2S. The van der Waals surface area contributed by atoms with Crippen LogP contribution in [0.5, 0.6) is 0 Å². The minimum atomic E-state index is 0.181. The Balaban J connectivity index is 2.05. The number of nitrogens with zero attached hydrogens (tertiary/aromatic N) is 1. The van der Waals surface area contributed by atoms with E-state index in [2.05, 4.69) is 65.1 Å². The lowest BCUT2D eigenvalue weighted by Gasteiger charge is -2.17. The van der Waals surface area contributed by atoms with E-state index < -0.39 is 0 Å². The van der Waals surface area contributed by atoms with Crippen molar-refractivity contribution in [3.63, 3.8) is 0 Å². The molecule has 0 radical (unpaired) electrons. The van der Waals surface area contributed by atoms with E-state index in [0.717, 1.165) is 12.2 Å². The summed E-state index contributed by atoms with van der Waals surface area (Å²) in [6.07, 6.45) is 0. The average molecular weight is 268 g/mol. The minimum absolute atomic E-state index is 0.181. The first-order valence-electron chi connectivity index (χ1n) is 6.48. The highest BCUT2D eigenvalue weighted by atomic mass is 32.1. The quantitative estimate of drug-likeness (QED) is 0.773. The summed E-state index contributed by atoms with van der Waals surface area (Å²) in [6, 6.07) is 15.3. The second-order valence-electron chi connectivity index (χ2n) is 4.51. The molecule has 0 aliphatic rings. The summed E-state index contributed by atoms with van der Waals surface area (Å²) in [7, 11) is 0. The molecule has 0 aliphatic carbocycles. The van der Waals surface area contributed by atoms with Crippen LogP contribution >= 0.6 is 11.3 Å². The minimum Gasteiger partial charge on any atom is -0.305 e. The molecule has 0 saturated carbocycles. The van der Waals surface area contributed by atoms with Crippen molar-refractivity contribution in [2.75, 3.05) is 6.54 Å². The van der Waals surface area contributed by atoms with E-state index >= 15 is 0 Å². The molecule has 1 heterocycles. The molecule has 96 valence electrons. The predicted molar refractivity (Wildman–Crippen MR) is 81.6 cm³/mol. The van der Waals surface area contributed by atoms with Gasteiger partial charge < -0.3 is 5.32 Å². The Morgan fingerprint density at radius 3 is 2.74 bits per heavy atom. The molecule has 3 rings (SSSR count). The molecule has 3 aromatic rings. The van der Waals surface area contributed by atoms with E-state index in [-0.39, 0.29) is 6.04 Å². The van der Waals surface area contributed by atoms with Gasteiger partial charge in [0.25, 0.3) is 0 Å². The van der Waals surface area contributed by atoms with E-state index in [4.69, 9.17) is 0 Å². The van der Waals surface area contributed by atoms with Crippen LogP contribution in [0.2, 0.25) is 0 Å². The maximum absolute atomic E-state index is 4.45. The summed E-state index contributed by atoms with van der Waals surface area (Å²) >= 11 is 1.64. The van der Waals surface area contributed by atoms with Crippen molar-refractivity contribution in [1.82, 2.24) is 10.3 Å². The molecule has 0 spiro atoms. The Kier molecular flexibility index (Phi) is 3.58. The lowest BCUT2D eigenvalue weighted by molar-refractivity contribution is 0.619. The fraction of sp³-hybridized carbons (Fsp3) is 0.188. The molecule has 0 amide bonds. The maximum Gasteiger partial charge on any atom is 0.0795 e. The lowest BCUT2D eigenvalue weighted by atomic mass is 10.0. The average Bonchev–Trinajstić information content (AvgIpc) is 2.98. The molecule has 0 bridgehead atoms. The smallest absolute Gasteiger partial charge is 0.0795 e. The molecule has 0 fully saturated rings. The second-order valence-corrected chi connectivity index (χ2v) is 5.23. The van der Waals surface area contributed by atoms with Crippen molar-refractivity contribution in [2.45, 2.75) is 13.0 Å². The maximum atomic E-state index is 4.45. The van der Waals surface area contributed by atoms with E-state index in [1.165, 1.54) is 16.3 Å². The Labute approximate surface area is 117 Å². The number of hydrogen-bond acceptors (Lipinski definition) is 3. The number of rotatable bonds is 4. The molecule has 1 aromatic heterocycles. The van der Waals surface area contributed by atoms with Gasteiger partial charge >= 0.3 is 0 Å². The molecule has 2 aromatic carbocycles. The number of nitrogens with one attached hydrogen (secondary N) is 1. The highest BCUT2D eigenvalue weighted by Crippen LogP contribution is 2.25. The van der Waals surface area contributed by atoms with E-state index in [9.17, 15) is 0 Å². The van der Waals surface area contributed by atoms with Crippen LogP contribution in [0.1, 0.15) is 24.2 Å². The van der Waals surface area contributed by atoms with Crippen LogP contribution in [0.3, 0.4) is 0 Å². The topological polar surface area (TPSA) is 24.9 Å². The zero-order valence-electron chi connectivity index (χ0n) is 10.8. The molecule has 0 saturated heterocycles. The van der Waals surface area contributed by atoms with Gasteiger partial charge in [-0.1, -0.05) is 43.3 Å². The molecule has 1 atom stereocenters. The Bertz CT molecular complexity index is 661. The van der Waals surface area contributed by atoms with Crippen molar-refractivity contribution in [3.8, 4) is 0 Å². The molecule has 0 aliphatic heterocycles. The number of hydrogen-bond donors (Lipinski definition) is 1. The third-order valence-electron chi connectivity index (χ3n) is 3.26. The summed E-state index contributed by atoms with van der Waals surface area (Å²) in [5.41, 5.74) is 4.26. The number of thiazole rings is 1. The van der Waals surface area contributed by atoms with Crippen LogP contribution in [0.25, 0.3) is 10.8 Å². The first kappa shape index (κ1) is 12.3. The normalized spacial score (nSPS) is 12.7. The number of aromatic nitrogens is 1. The molecule has 3 heteroatoms. The van der Waals surface area contributed by atoms with Gasteiger partial charge in [-0.2, -0.15) is 0 Å². The Morgan fingerprint density at radius 1 is 1.16 bits per heavy atom. The van der Waals surface area contributed by atoms with Gasteiger partial charge in [0.1, 0.15) is 0 Å². The zero-order chi connectivity index (χ0) is 13.1. The van der Waals surface area contributed by atoms with Gasteiger partial charge in [-0.15, -0.1) is 11.3 Å². The molecule has 2 nitrogen and oxygen atoms in total. The third kappa shape index (κ3) is 2.53. The monoisotopic (exact) mass is 268 g/mol. The largest absolute Gasteiger partial charge is 0.305 e. The zero-order valence-corrected chi connectivity index (χ0v) is 11.7. The van der Waals surface area contributed by atoms with Gasteiger partial charge in [-0.25, -0.2) is 4.98 Å². The van der Waals surface area contributed by atoms with Crippen molar-refractivity contribution < 1.29 is 0 Å². The highest BCUT2D eigenvalue weighted by molar-refractivity contribution is 7.07. The fourth-order valence-electron chi connectivity index (χ4n) is 2.35. The summed E-state index contributed by atoms with van der Waals surface area (Å²) in [6.45, 7) is 3.05. The van der Waals surface area contributed by atoms with Crippen LogP contribution in [0.4, 0.5) is 0 Å². The number of fused-ring (bicyclic) bond motifs is 1. The Hall–Kier alpha value is -1.71. The molecule has 1 unspecified atom stereocenters. The fourth-order valence-corrected chi connectivity index (χ4v) is 2.93. The van der Waals surface area contributed by atoms with Crippen LogP contribution in [0, 0.1) is 0 Å². The van der Waals surface area contributed by atoms with Crippen molar-refractivity contribution in [3.05, 3.63) is 64.6 Å². The van der Waals surface area contributed by atoms with Gasteiger partial charge in [0.15, 0.2) is 0 Å². The van der Waals surface area contributed by atoms with Gasteiger partial charge in [0.2, 0.25) is 0 Å². The molecule has 19 heavy (non-hydrogen) atoms. The summed E-state index contributed by atoms with van der Waals surface area (Å²) in [5, 5.41) is 8.18. The van der Waals surface area contributed by atoms with Crippen molar-refractivity contribution in [1.29, 1.82) is 0 Å². The first-order chi connectivity index (χ1) is 9.38. The SMILES string of the molecule is CCNC(c1ccc2ccccc2c1)c1cscn1. The Morgan fingerprint density at radius 2 is 2.00 bits per heavy atom. The van der Waals surface area contributed by atoms with Gasteiger partial charge in [0.05, 0.1) is 17.2 Å². The van der Waals surface area contributed by atoms with Crippen LogP contribution in [-0.4, -0.2) is 11.5 Å². The number of benzene rings is 2. The molecule has 1 N–H and O–H groups in total. The van der Waals surface area contributed by atoms with E-state index in [1.807, 2.05) is 5.51 Å². The van der Waals surface area contributed by atoms with E-state index in [1.54, 1.807) is 11.3 Å². The standard InChI is InChI=1S/C16H16N2S/c1-2-17-16(15-10-19-11-18-15)14-8-7-12-5-3-4-6-13(12)9-14/h3-11,16-17H,2H2,1H3. The lowest BCUT2D eigenvalue weighted by Crippen LogP contribution is -2.22. The highest BCUT2D eigenvalue weighted by Gasteiger charge is 2.14. The predicted octanol–water partition coefficient (Wildman–Crippen LogP) is 4.00. The van der Waals surface area contributed by atoms with Crippen molar-refractivity contribution >= 4 is 22.1 Å².